The van der Waals surface area contributed by atoms with E-state index in [1.54, 1.807) is 0 Å². The maximum Gasteiger partial charge on any atom is 0.226 e. The van der Waals surface area contributed by atoms with Gasteiger partial charge in [0.25, 0.3) is 0 Å². The quantitative estimate of drug-likeness (QED) is 0.760. The highest BCUT2D eigenvalue weighted by Crippen LogP contribution is 2.27. The van der Waals surface area contributed by atoms with Gasteiger partial charge in [0.2, 0.25) is 5.91 Å². The number of rotatable bonds is 1. The number of hydrogen-bond acceptors (Lipinski definition) is 2. The Hall–Kier alpha value is -1.04. The van der Waals surface area contributed by atoms with E-state index in [1.807, 2.05) is 20.8 Å². The molecule has 1 aliphatic rings. The number of hydrogen-bond donors (Lipinski definition) is 1. The van der Waals surface area contributed by atoms with Gasteiger partial charge in [0.05, 0.1) is 6.07 Å². The Morgan fingerprint density at radius 2 is 1.59 bits per heavy atom. The van der Waals surface area contributed by atoms with Gasteiger partial charge in [-0.25, -0.2) is 0 Å². The molecule has 1 saturated carbocycles. The summed E-state index contributed by atoms with van der Waals surface area (Å²) in [5.41, 5.74) is -1.04. The number of nitrogens with one attached hydrogen (secondary N) is 1. The summed E-state index contributed by atoms with van der Waals surface area (Å²) in [5.74, 6) is -0.0142. The maximum atomic E-state index is 12.0. The third kappa shape index (κ3) is 4.03. The molecule has 96 valence electrons. The number of carbonyl (C=O) groups is 1. The van der Waals surface area contributed by atoms with Crippen molar-refractivity contribution in [3.8, 4) is 6.07 Å². The summed E-state index contributed by atoms with van der Waals surface area (Å²) >= 11 is 0. The zero-order chi connectivity index (χ0) is 12.9. The summed E-state index contributed by atoms with van der Waals surface area (Å²) in [4.78, 5) is 12.0. The molecule has 0 bridgehead atoms. The molecule has 0 spiro atoms. The van der Waals surface area contributed by atoms with Crippen LogP contribution in [0.1, 0.15) is 65.7 Å². The Morgan fingerprint density at radius 3 is 2.00 bits per heavy atom. The number of amides is 1. The average molecular weight is 236 g/mol. The minimum atomic E-state index is -0.620. The Balaban J connectivity index is 2.73. The summed E-state index contributed by atoms with van der Waals surface area (Å²) in [7, 11) is 0. The maximum absolute atomic E-state index is 12.0. The van der Waals surface area contributed by atoms with E-state index in [0.29, 0.717) is 0 Å². The van der Waals surface area contributed by atoms with Crippen LogP contribution >= 0.6 is 0 Å². The molecule has 0 radical (unpaired) electrons. The van der Waals surface area contributed by atoms with Crippen LogP contribution in [-0.4, -0.2) is 11.4 Å². The van der Waals surface area contributed by atoms with Crippen molar-refractivity contribution in [3.05, 3.63) is 0 Å². The molecule has 0 saturated heterocycles. The van der Waals surface area contributed by atoms with Gasteiger partial charge in [0.15, 0.2) is 0 Å². The monoisotopic (exact) mass is 236 g/mol. The molecule has 17 heavy (non-hydrogen) atoms. The van der Waals surface area contributed by atoms with Crippen molar-refractivity contribution in [1.29, 1.82) is 5.26 Å². The van der Waals surface area contributed by atoms with Crippen LogP contribution in [0.25, 0.3) is 0 Å². The topological polar surface area (TPSA) is 52.9 Å². The van der Waals surface area contributed by atoms with Crippen LogP contribution in [0.4, 0.5) is 0 Å². The molecule has 0 aromatic carbocycles. The lowest BCUT2D eigenvalue weighted by molar-refractivity contribution is -0.130. The lowest BCUT2D eigenvalue weighted by Gasteiger charge is -2.32. The van der Waals surface area contributed by atoms with Gasteiger partial charge in [-0.3, -0.25) is 4.79 Å². The fourth-order valence-electron chi connectivity index (χ4n) is 2.18. The third-order valence-electron chi connectivity index (χ3n) is 3.46. The first-order valence-electron chi connectivity index (χ1n) is 6.63. The van der Waals surface area contributed by atoms with Crippen molar-refractivity contribution in [2.24, 2.45) is 5.41 Å². The largest absolute Gasteiger partial charge is 0.337 e. The van der Waals surface area contributed by atoms with Crippen molar-refractivity contribution < 1.29 is 4.79 Å². The molecule has 0 atom stereocenters. The summed E-state index contributed by atoms with van der Waals surface area (Å²) in [6, 6.07) is 2.36. The van der Waals surface area contributed by atoms with Gasteiger partial charge in [-0.15, -0.1) is 0 Å². The molecule has 3 heteroatoms. The van der Waals surface area contributed by atoms with Gasteiger partial charge in [-0.2, -0.15) is 5.26 Å². The SMILES string of the molecule is CC(C)(C)C(=O)NC1(C#N)CCCCCCC1. The van der Waals surface area contributed by atoms with Gasteiger partial charge in [0, 0.05) is 5.41 Å². The van der Waals surface area contributed by atoms with Crippen LogP contribution in [0.2, 0.25) is 0 Å². The van der Waals surface area contributed by atoms with Crippen molar-refractivity contribution in [2.45, 2.75) is 71.3 Å². The Labute approximate surface area is 105 Å². The molecule has 1 N–H and O–H groups in total. The first-order valence-corrected chi connectivity index (χ1v) is 6.63. The Kier molecular flexibility index (Phi) is 4.56. The normalized spacial score (nSPS) is 20.8. The van der Waals surface area contributed by atoms with E-state index >= 15 is 0 Å². The highest BCUT2D eigenvalue weighted by Gasteiger charge is 2.35. The Bertz CT molecular complexity index is 301. The summed E-state index contributed by atoms with van der Waals surface area (Å²) in [6.07, 6.45) is 7.28. The molecule has 0 aromatic heterocycles. The van der Waals surface area contributed by atoms with Gasteiger partial charge in [-0.05, 0) is 12.8 Å². The van der Waals surface area contributed by atoms with Crippen molar-refractivity contribution in [2.75, 3.05) is 0 Å². The molecule has 1 amide bonds. The van der Waals surface area contributed by atoms with Crippen LogP contribution in [0.15, 0.2) is 0 Å². The second kappa shape index (κ2) is 5.53. The van der Waals surface area contributed by atoms with Crippen LogP contribution in [0.3, 0.4) is 0 Å². The zero-order valence-corrected chi connectivity index (χ0v) is 11.3. The molecular formula is C14H24N2O. The smallest absolute Gasteiger partial charge is 0.226 e. The Morgan fingerprint density at radius 1 is 1.12 bits per heavy atom. The lowest BCUT2D eigenvalue weighted by Crippen LogP contribution is -2.51. The van der Waals surface area contributed by atoms with E-state index in [4.69, 9.17) is 0 Å². The first kappa shape index (κ1) is 14.0. The second-order valence-electron chi connectivity index (χ2n) is 6.17. The highest BCUT2D eigenvalue weighted by molar-refractivity contribution is 5.82. The average Bonchev–Trinajstić information content (AvgIpc) is 2.21. The van der Waals surface area contributed by atoms with Crippen molar-refractivity contribution in [3.63, 3.8) is 0 Å². The fraction of sp³-hybridized carbons (Fsp3) is 0.857. The van der Waals surface area contributed by atoms with Gasteiger partial charge in [-0.1, -0.05) is 52.9 Å². The van der Waals surface area contributed by atoms with Crippen LogP contribution in [0, 0.1) is 16.7 Å². The summed E-state index contributed by atoms with van der Waals surface area (Å²) < 4.78 is 0. The summed E-state index contributed by atoms with van der Waals surface area (Å²) in [5, 5.41) is 12.4. The van der Waals surface area contributed by atoms with Crippen molar-refractivity contribution >= 4 is 5.91 Å². The minimum absolute atomic E-state index is 0.0142. The van der Waals surface area contributed by atoms with Crippen LogP contribution < -0.4 is 5.32 Å². The van der Waals surface area contributed by atoms with Crippen LogP contribution in [-0.2, 0) is 4.79 Å². The van der Waals surface area contributed by atoms with E-state index in [-0.39, 0.29) is 5.91 Å². The fourth-order valence-corrected chi connectivity index (χ4v) is 2.18. The highest BCUT2D eigenvalue weighted by atomic mass is 16.2. The van der Waals surface area contributed by atoms with Gasteiger partial charge in [0.1, 0.15) is 5.54 Å². The predicted molar refractivity (Wildman–Crippen MR) is 68.3 cm³/mol. The zero-order valence-electron chi connectivity index (χ0n) is 11.3. The third-order valence-corrected chi connectivity index (χ3v) is 3.46. The molecule has 0 aliphatic heterocycles. The molecule has 1 aliphatic carbocycles. The van der Waals surface area contributed by atoms with E-state index in [1.165, 1.54) is 19.3 Å². The van der Waals surface area contributed by atoms with Gasteiger partial charge < -0.3 is 5.32 Å². The molecule has 0 heterocycles. The number of carbonyl (C=O) groups excluding carboxylic acids is 1. The standard InChI is InChI=1S/C14H24N2O/c1-13(2,3)12(17)16-14(11-15)9-7-5-4-6-8-10-14/h4-10H2,1-3H3,(H,16,17). The predicted octanol–water partition coefficient (Wildman–Crippen LogP) is 3.16. The lowest BCUT2D eigenvalue weighted by atomic mass is 9.83. The molecule has 3 nitrogen and oxygen atoms in total. The van der Waals surface area contributed by atoms with Gasteiger partial charge >= 0.3 is 0 Å². The molecule has 0 aromatic rings. The second-order valence-corrected chi connectivity index (χ2v) is 6.17. The van der Waals surface area contributed by atoms with E-state index in [9.17, 15) is 10.1 Å². The number of nitrogens with zero attached hydrogens (tertiary/aromatic N) is 1. The number of nitriles is 1. The van der Waals surface area contributed by atoms with E-state index in [2.05, 4.69) is 11.4 Å². The molecule has 1 fully saturated rings. The van der Waals surface area contributed by atoms with E-state index < -0.39 is 11.0 Å². The van der Waals surface area contributed by atoms with E-state index in [0.717, 1.165) is 25.7 Å². The first-order chi connectivity index (χ1) is 7.90. The molecule has 0 unspecified atom stereocenters. The molecule has 1 rings (SSSR count). The summed E-state index contributed by atoms with van der Waals surface area (Å²) in [6.45, 7) is 5.66. The van der Waals surface area contributed by atoms with Crippen LogP contribution in [0.5, 0.6) is 0 Å². The van der Waals surface area contributed by atoms with Crippen molar-refractivity contribution in [1.82, 2.24) is 5.32 Å². The minimum Gasteiger partial charge on any atom is -0.337 e. The molecular weight excluding hydrogens is 212 g/mol.